The summed E-state index contributed by atoms with van der Waals surface area (Å²) < 4.78 is 1.86. The third-order valence-electron chi connectivity index (χ3n) is 3.15. The number of nitrogens with two attached hydrogens (primary N) is 1. The van der Waals surface area contributed by atoms with E-state index in [9.17, 15) is 4.79 Å². The van der Waals surface area contributed by atoms with Crippen LogP contribution in [-0.4, -0.2) is 15.5 Å². The molecular weight excluding hydrogens is 252 g/mol. The van der Waals surface area contributed by atoms with E-state index in [4.69, 9.17) is 5.73 Å². The fraction of sp³-hybridized carbons (Fsp3) is 0.333. The molecule has 5 nitrogen and oxygen atoms in total. The lowest BCUT2D eigenvalue weighted by Crippen LogP contribution is -2.21. The van der Waals surface area contributed by atoms with Gasteiger partial charge in [0.1, 0.15) is 12.4 Å². The summed E-state index contributed by atoms with van der Waals surface area (Å²) in [5.41, 5.74) is 8.10. The summed E-state index contributed by atoms with van der Waals surface area (Å²) >= 11 is 0. The van der Waals surface area contributed by atoms with Gasteiger partial charge in [-0.25, -0.2) is 4.98 Å². The standard InChI is InChI=1S/C15H20N4O/c1-10(2)15-17-7-8-19(15)9-13(20)18-14-11(3)5-4-6-12(14)16/h4-8,10H,9,16H2,1-3H3,(H,18,20). The lowest BCUT2D eigenvalue weighted by Gasteiger charge is -2.13. The Morgan fingerprint density at radius 2 is 2.20 bits per heavy atom. The van der Waals surface area contributed by atoms with Gasteiger partial charge >= 0.3 is 0 Å². The molecular formula is C15H20N4O. The number of aryl methyl sites for hydroxylation is 1. The molecule has 1 heterocycles. The molecule has 0 bridgehead atoms. The third-order valence-corrected chi connectivity index (χ3v) is 3.15. The minimum Gasteiger partial charge on any atom is -0.397 e. The average molecular weight is 272 g/mol. The van der Waals surface area contributed by atoms with E-state index in [1.54, 1.807) is 12.3 Å². The molecule has 3 N–H and O–H groups in total. The molecule has 0 saturated carbocycles. The van der Waals surface area contributed by atoms with Gasteiger partial charge in [0.25, 0.3) is 0 Å². The van der Waals surface area contributed by atoms with Crippen molar-refractivity contribution in [1.82, 2.24) is 9.55 Å². The van der Waals surface area contributed by atoms with Crippen LogP contribution in [0.1, 0.15) is 31.2 Å². The highest BCUT2D eigenvalue weighted by Crippen LogP contribution is 2.22. The zero-order chi connectivity index (χ0) is 14.7. The zero-order valence-corrected chi connectivity index (χ0v) is 12.1. The van der Waals surface area contributed by atoms with Crippen molar-refractivity contribution in [2.75, 3.05) is 11.1 Å². The summed E-state index contributed by atoms with van der Waals surface area (Å²) in [5.74, 6) is 1.07. The van der Waals surface area contributed by atoms with Gasteiger partial charge in [0, 0.05) is 18.3 Å². The van der Waals surface area contributed by atoms with Crippen LogP contribution in [-0.2, 0) is 11.3 Å². The zero-order valence-electron chi connectivity index (χ0n) is 12.1. The number of amides is 1. The van der Waals surface area contributed by atoms with Crippen molar-refractivity contribution < 1.29 is 4.79 Å². The molecule has 1 aromatic heterocycles. The smallest absolute Gasteiger partial charge is 0.244 e. The maximum Gasteiger partial charge on any atom is 0.244 e. The molecule has 0 radical (unpaired) electrons. The molecule has 0 atom stereocenters. The van der Waals surface area contributed by atoms with Crippen molar-refractivity contribution in [2.45, 2.75) is 33.2 Å². The maximum absolute atomic E-state index is 12.1. The van der Waals surface area contributed by atoms with Crippen LogP contribution in [0.5, 0.6) is 0 Å². The first kappa shape index (κ1) is 14.1. The van der Waals surface area contributed by atoms with Gasteiger partial charge in [0.15, 0.2) is 0 Å². The van der Waals surface area contributed by atoms with Crippen LogP contribution < -0.4 is 11.1 Å². The monoisotopic (exact) mass is 272 g/mol. The quantitative estimate of drug-likeness (QED) is 0.840. The fourth-order valence-corrected chi connectivity index (χ4v) is 2.15. The molecule has 5 heteroatoms. The Hall–Kier alpha value is -2.30. The Kier molecular flexibility index (Phi) is 4.08. The summed E-state index contributed by atoms with van der Waals surface area (Å²) in [6.45, 7) is 6.26. The van der Waals surface area contributed by atoms with Crippen LogP contribution in [0.15, 0.2) is 30.6 Å². The van der Waals surface area contributed by atoms with Crippen LogP contribution in [0.3, 0.4) is 0 Å². The summed E-state index contributed by atoms with van der Waals surface area (Å²) in [4.78, 5) is 16.4. The molecule has 0 saturated heterocycles. The van der Waals surface area contributed by atoms with Gasteiger partial charge in [-0.2, -0.15) is 0 Å². The minimum atomic E-state index is -0.106. The molecule has 0 spiro atoms. The van der Waals surface area contributed by atoms with E-state index in [2.05, 4.69) is 24.1 Å². The van der Waals surface area contributed by atoms with E-state index < -0.39 is 0 Å². The SMILES string of the molecule is Cc1cccc(N)c1NC(=O)Cn1ccnc1C(C)C. The number of benzene rings is 1. The number of carbonyl (C=O) groups excluding carboxylic acids is 1. The van der Waals surface area contributed by atoms with Crippen LogP contribution in [0.2, 0.25) is 0 Å². The molecule has 2 aromatic rings. The van der Waals surface area contributed by atoms with Gasteiger partial charge in [-0.15, -0.1) is 0 Å². The number of para-hydroxylation sites is 1. The first-order chi connectivity index (χ1) is 9.49. The molecule has 0 fully saturated rings. The number of aromatic nitrogens is 2. The van der Waals surface area contributed by atoms with Crippen molar-refractivity contribution in [2.24, 2.45) is 0 Å². The first-order valence-electron chi connectivity index (χ1n) is 6.65. The summed E-state index contributed by atoms with van der Waals surface area (Å²) in [5, 5.41) is 2.87. The molecule has 0 aliphatic rings. The highest BCUT2D eigenvalue weighted by molar-refractivity contribution is 5.94. The lowest BCUT2D eigenvalue weighted by molar-refractivity contribution is -0.116. The van der Waals surface area contributed by atoms with Crippen molar-refractivity contribution in [3.05, 3.63) is 42.0 Å². The van der Waals surface area contributed by atoms with Crippen molar-refractivity contribution in [3.8, 4) is 0 Å². The van der Waals surface area contributed by atoms with E-state index in [1.165, 1.54) is 0 Å². The predicted molar refractivity (Wildman–Crippen MR) is 80.5 cm³/mol. The topological polar surface area (TPSA) is 72.9 Å². The number of nitrogen functional groups attached to an aromatic ring is 1. The van der Waals surface area contributed by atoms with Crippen LogP contribution in [0.25, 0.3) is 0 Å². The number of rotatable bonds is 4. The van der Waals surface area contributed by atoms with E-state index >= 15 is 0 Å². The second-order valence-electron chi connectivity index (χ2n) is 5.16. The van der Waals surface area contributed by atoms with Gasteiger partial charge in [-0.1, -0.05) is 26.0 Å². The lowest BCUT2D eigenvalue weighted by atomic mass is 10.1. The first-order valence-corrected chi connectivity index (χ1v) is 6.65. The van der Waals surface area contributed by atoms with E-state index in [1.807, 2.05) is 29.8 Å². The number of nitrogens with one attached hydrogen (secondary N) is 1. The summed E-state index contributed by atoms with van der Waals surface area (Å²) in [6.07, 6.45) is 3.53. The maximum atomic E-state index is 12.1. The van der Waals surface area contributed by atoms with Crippen molar-refractivity contribution in [3.63, 3.8) is 0 Å². The predicted octanol–water partition coefficient (Wildman–Crippen LogP) is 2.54. The number of nitrogens with zero attached hydrogens (tertiary/aromatic N) is 2. The Morgan fingerprint density at radius 1 is 1.45 bits per heavy atom. The van der Waals surface area contributed by atoms with E-state index in [0.717, 1.165) is 11.4 Å². The van der Waals surface area contributed by atoms with Gasteiger partial charge < -0.3 is 15.6 Å². The van der Waals surface area contributed by atoms with Gasteiger partial charge in [0.05, 0.1) is 11.4 Å². The number of carbonyl (C=O) groups is 1. The molecule has 1 aromatic carbocycles. The Bertz CT molecular complexity index is 596. The second kappa shape index (κ2) is 5.77. The number of anilines is 2. The Morgan fingerprint density at radius 3 is 2.85 bits per heavy atom. The largest absolute Gasteiger partial charge is 0.397 e. The molecule has 2 rings (SSSR count). The van der Waals surface area contributed by atoms with Gasteiger partial charge in [-0.3, -0.25) is 4.79 Å². The van der Waals surface area contributed by atoms with Crippen LogP contribution in [0, 0.1) is 6.92 Å². The van der Waals surface area contributed by atoms with Crippen molar-refractivity contribution in [1.29, 1.82) is 0 Å². The van der Waals surface area contributed by atoms with E-state index in [-0.39, 0.29) is 18.4 Å². The average Bonchev–Trinajstić information content (AvgIpc) is 2.82. The highest BCUT2D eigenvalue weighted by Gasteiger charge is 2.12. The van der Waals surface area contributed by atoms with Gasteiger partial charge in [-0.05, 0) is 18.6 Å². The minimum absolute atomic E-state index is 0.106. The normalized spacial score (nSPS) is 10.8. The third kappa shape index (κ3) is 2.99. The number of imidazole rings is 1. The molecule has 20 heavy (non-hydrogen) atoms. The Balaban J connectivity index is 2.12. The molecule has 0 aliphatic heterocycles. The summed E-state index contributed by atoms with van der Waals surface area (Å²) in [7, 11) is 0. The van der Waals surface area contributed by atoms with Gasteiger partial charge in [0.2, 0.25) is 5.91 Å². The second-order valence-corrected chi connectivity index (χ2v) is 5.16. The van der Waals surface area contributed by atoms with Crippen LogP contribution >= 0.6 is 0 Å². The molecule has 0 aliphatic carbocycles. The fourth-order valence-electron chi connectivity index (χ4n) is 2.15. The molecule has 106 valence electrons. The number of hydrogen-bond donors (Lipinski definition) is 2. The highest BCUT2D eigenvalue weighted by atomic mass is 16.1. The summed E-state index contributed by atoms with van der Waals surface area (Å²) in [6, 6.07) is 5.56. The van der Waals surface area contributed by atoms with Crippen LogP contribution in [0.4, 0.5) is 11.4 Å². The number of hydrogen-bond acceptors (Lipinski definition) is 3. The molecule has 1 amide bonds. The van der Waals surface area contributed by atoms with E-state index in [0.29, 0.717) is 11.4 Å². The van der Waals surface area contributed by atoms with Crippen molar-refractivity contribution >= 4 is 17.3 Å². The molecule has 0 unspecified atom stereocenters. The Labute approximate surface area is 118 Å².